The standard InChI is InChI=1S/C12H22N4OS/c1-6-16(9(2)8-17-4)11-7-10(13-3)14-12(15-11)18-5/h7,9H,6,8H2,1-5H3,(H,13,14,15). The quantitative estimate of drug-likeness (QED) is 0.605. The van der Waals surface area contributed by atoms with Crippen LogP contribution >= 0.6 is 11.8 Å². The van der Waals surface area contributed by atoms with Gasteiger partial charge in [-0.1, -0.05) is 11.8 Å². The highest BCUT2D eigenvalue weighted by Gasteiger charge is 2.15. The van der Waals surface area contributed by atoms with Crippen molar-refractivity contribution in [2.45, 2.75) is 25.0 Å². The summed E-state index contributed by atoms with van der Waals surface area (Å²) in [4.78, 5) is 11.1. The maximum atomic E-state index is 5.22. The van der Waals surface area contributed by atoms with Crippen LogP contribution in [0, 0.1) is 0 Å². The van der Waals surface area contributed by atoms with E-state index in [0.29, 0.717) is 6.61 Å². The molecule has 0 aliphatic rings. The Kier molecular flexibility index (Phi) is 6.21. The fourth-order valence-electron chi connectivity index (χ4n) is 1.81. The van der Waals surface area contributed by atoms with E-state index in [1.165, 1.54) is 0 Å². The molecule has 0 bridgehead atoms. The van der Waals surface area contributed by atoms with Crippen molar-refractivity contribution < 1.29 is 4.74 Å². The van der Waals surface area contributed by atoms with Crippen LogP contribution in [0.4, 0.5) is 11.6 Å². The molecule has 18 heavy (non-hydrogen) atoms. The summed E-state index contributed by atoms with van der Waals surface area (Å²) in [6, 6.07) is 2.25. The van der Waals surface area contributed by atoms with E-state index in [-0.39, 0.29) is 6.04 Å². The first-order valence-corrected chi connectivity index (χ1v) is 7.25. The van der Waals surface area contributed by atoms with Gasteiger partial charge in [-0.25, -0.2) is 9.97 Å². The molecule has 1 aromatic heterocycles. The van der Waals surface area contributed by atoms with Gasteiger partial charge in [-0.3, -0.25) is 0 Å². The van der Waals surface area contributed by atoms with Gasteiger partial charge >= 0.3 is 0 Å². The minimum absolute atomic E-state index is 0.286. The average molecular weight is 270 g/mol. The van der Waals surface area contributed by atoms with Gasteiger partial charge in [-0.15, -0.1) is 0 Å². The number of hydrogen-bond donors (Lipinski definition) is 1. The van der Waals surface area contributed by atoms with E-state index in [1.807, 2.05) is 19.4 Å². The van der Waals surface area contributed by atoms with E-state index >= 15 is 0 Å². The number of thioether (sulfide) groups is 1. The lowest BCUT2D eigenvalue weighted by Crippen LogP contribution is -2.36. The first-order valence-electron chi connectivity index (χ1n) is 6.02. The molecule has 5 nitrogen and oxygen atoms in total. The maximum absolute atomic E-state index is 5.22. The monoisotopic (exact) mass is 270 g/mol. The van der Waals surface area contributed by atoms with Gasteiger partial charge in [-0.2, -0.15) is 0 Å². The smallest absolute Gasteiger partial charge is 0.191 e. The third-order valence-electron chi connectivity index (χ3n) is 2.71. The molecule has 1 heterocycles. The van der Waals surface area contributed by atoms with Crippen molar-refractivity contribution in [3.05, 3.63) is 6.07 Å². The topological polar surface area (TPSA) is 50.3 Å². The van der Waals surface area contributed by atoms with Crippen molar-refractivity contribution in [1.82, 2.24) is 9.97 Å². The zero-order valence-electron chi connectivity index (χ0n) is 11.7. The molecule has 0 aromatic carbocycles. The summed E-state index contributed by atoms with van der Waals surface area (Å²) in [6.07, 6.45) is 1.98. The fraction of sp³-hybridized carbons (Fsp3) is 0.667. The van der Waals surface area contributed by atoms with E-state index in [4.69, 9.17) is 4.74 Å². The highest BCUT2D eigenvalue weighted by Crippen LogP contribution is 2.21. The van der Waals surface area contributed by atoms with Gasteiger partial charge in [0.2, 0.25) is 0 Å². The van der Waals surface area contributed by atoms with Crippen LogP contribution in [0.3, 0.4) is 0 Å². The number of methoxy groups -OCH3 is 1. The number of likely N-dealkylation sites (N-methyl/N-ethyl adjacent to an activating group) is 1. The van der Waals surface area contributed by atoms with Crippen LogP contribution < -0.4 is 10.2 Å². The molecule has 0 aliphatic carbocycles. The van der Waals surface area contributed by atoms with Crippen LogP contribution in [0.2, 0.25) is 0 Å². The molecule has 102 valence electrons. The van der Waals surface area contributed by atoms with Crippen LogP contribution in [0.5, 0.6) is 0 Å². The van der Waals surface area contributed by atoms with Gasteiger partial charge < -0.3 is 15.0 Å². The van der Waals surface area contributed by atoms with Crippen LogP contribution in [-0.4, -0.2) is 49.6 Å². The van der Waals surface area contributed by atoms with E-state index in [9.17, 15) is 0 Å². The molecule has 0 spiro atoms. The van der Waals surface area contributed by atoms with Crippen molar-refractivity contribution in [3.8, 4) is 0 Å². The number of nitrogens with one attached hydrogen (secondary N) is 1. The van der Waals surface area contributed by atoms with Crippen molar-refractivity contribution >= 4 is 23.4 Å². The van der Waals surface area contributed by atoms with Crippen molar-refractivity contribution in [2.75, 3.05) is 43.8 Å². The van der Waals surface area contributed by atoms with Gasteiger partial charge in [-0.05, 0) is 20.1 Å². The van der Waals surface area contributed by atoms with Crippen LogP contribution in [0.25, 0.3) is 0 Å². The third kappa shape index (κ3) is 3.74. The molecule has 0 saturated heterocycles. The van der Waals surface area contributed by atoms with Gasteiger partial charge in [0.05, 0.1) is 12.6 Å². The third-order valence-corrected chi connectivity index (χ3v) is 3.25. The zero-order valence-corrected chi connectivity index (χ0v) is 12.5. The molecule has 0 aliphatic heterocycles. The van der Waals surface area contributed by atoms with E-state index in [2.05, 4.69) is 34.0 Å². The Balaban J connectivity index is 3.03. The lowest BCUT2D eigenvalue weighted by Gasteiger charge is -2.29. The summed E-state index contributed by atoms with van der Waals surface area (Å²) < 4.78 is 5.22. The first kappa shape index (κ1) is 15.0. The second-order valence-electron chi connectivity index (χ2n) is 3.94. The number of anilines is 2. The number of hydrogen-bond acceptors (Lipinski definition) is 6. The summed E-state index contributed by atoms with van der Waals surface area (Å²) in [5.74, 6) is 1.78. The largest absolute Gasteiger partial charge is 0.383 e. The molecular formula is C12H22N4OS. The Morgan fingerprint density at radius 3 is 2.72 bits per heavy atom. The predicted octanol–water partition coefficient (Wildman–Crippen LogP) is 2.10. The number of nitrogens with zero attached hydrogens (tertiary/aromatic N) is 3. The molecule has 0 amide bonds. The van der Waals surface area contributed by atoms with Crippen molar-refractivity contribution in [3.63, 3.8) is 0 Å². The molecular weight excluding hydrogens is 248 g/mol. The van der Waals surface area contributed by atoms with E-state index < -0.39 is 0 Å². The molecule has 1 rings (SSSR count). The van der Waals surface area contributed by atoms with Crippen LogP contribution in [-0.2, 0) is 4.74 Å². The Hall–Kier alpha value is -1.01. The van der Waals surface area contributed by atoms with Crippen LogP contribution in [0.15, 0.2) is 11.2 Å². The highest BCUT2D eigenvalue weighted by atomic mass is 32.2. The molecule has 1 N–H and O–H groups in total. The Labute approximate surface area is 113 Å². The summed E-state index contributed by atoms with van der Waals surface area (Å²) in [6.45, 7) is 5.82. The first-order chi connectivity index (χ1) is 8.65. The summed E-state index contributed by atoms with van der Waals surface area (Å²) in [7, 11) is 3.59. The minimum Gasteiger partial charge on any atom is -0.383 e. The number of rotatable bonds is 7. The van der Waals surface area contributed by atoms with E-state index in [0.717, 1.165) is 23.3 Å². The van der Waals surface area contributed by atoms with Crippen LogP contribution in [0.1, 0.15) is 13.8 Å². The zero-order chi connectivity index (χ0) is 13.5. The Morgan fingerprint density at radius 2 is 2.22 bits per heavy atom. The molecule has 1 aromatic rings. The average Bonchev–Trinajstić information content (AvgIpc) is 2.39. The molecule has 0 radical (unpaired) electrons. The van der Waals surface area contributed by atoms with Gasteiger partial charge in [0.1, 0.15) is 11.6 Å². The molecule has 0 saturated carbocycles. The van der Waals surface area contributed by atoms with E-state index in [1.54, 1.807) is 18.9 Å². The SMILES string of the molecule is CCN(c1cc(NC)nc(SC)n1)C(C)COC. The minimum atomic E-state index is 0.286. The maximum Gasteiger partial charge on any atom is 0.191 e. The lowest BCUT2D eigenvalue weighted by atomic mass is 10.3. The molecule has 0 fully saturated rings. The van der Waals surface area contributed by atoms with Gasteiger partial charge in [0.25, 0.3) is 0 Å². The Bertz CT molecular complexity index is 353. The lowest BCUT2D eigenvalue weighted by molar-refractivity contribution is 0.181. The second-order valence-corrected chi connectivity index (χ2v) is 4.71. The normalized spacial score (nSPS) is 12.3. The van der Waals surface area contributed by atoms with Gasteiger partial charge in [0.15, 0.2) is 5.16 Å². The predicted molar refractivity (Wildman–Crippen MR) is 77.7 cm³/mol. The molecule has 1 unspecified atom stereocenters. The summed E-state index contributed by atoms with van der Waals surface area (Å²) >= 11 is 1.55. The Morgan fingerprint density at radius 1 is 1.50 bits per heavy atom. The van der Waals surface area contributed by atoms with Gasteiger partial charge in [0, 0.05) is 26.8 Å². The number of ether oxygens (including phenoxy) is 1. The molecule has 1 atom stereocenters. The molecule has 6 heteroatoms. The summed E-state index contributed by atoms with van der Waals surface area (Å²) in [5.41, 5.74) is 0. The van der Waals surface area contributed by atoms with Crippen molar-refractivity contribution in [2.24, 2.45) is 0 Å². The second kappa shape index (κ2) is 7.43. The fourth-order valence-corrected chi connectivity index (χ4v) is 2.18. The highest BCUT2D eigenvalue weighted by molar-refractivity contribution is 7.98. The summed E-state index contributed by atoms with van der Waals surface area (Å²) in [5, 5.41) is 3.85. The van der Waals surface area contributed by atoms with Crippen molar-refractivity contribution in [1.29, 1.82) is 0 Å². The number of aromatic nitrogens is 2.